The first-order valence-electron chi connectivity index (χ1n) is 7.64. The number of rotatable bonds is 2. The van der Waals surface area contributed by atoms with Crippen molar-refractivity contribution in [3.63, 3.8) is 0 Å². The molecule has 3 heterocycles. The molecule has 1 N–H and O–H groups in total. The molecule has 0 radical (unpaired) electrons. The van der Waals surface area contributed by atoms with Crippen molar-refractivity contribution in [3.05, 3.63) is 64.6 Å². The summed E-state index contributed by atoms with van der Waals surface area (Å²) in [5, 5.41) is 4.45. The first-order chi connectivity index (χ1) is 12.4. The second kappa shape index (κ2) is 5.62. The number of pyridine rings is 2. The summed E-state index contributed by atoms with van der Waals surface area (Å²) in [6.45, 7) is 0. The molecule has 8 heteroatoms. The fourth-order valence-electron chi connectivity index (χ4n) is 2.91. The van der Waals surface area contributed by atoms with Crippen LogP contribution in [-0.2, 0) is 6.18 Å². The number of nitrogens with one attached hydrogen (secondary N) is 1. The first-order valence-corrected chi connectivity index (χ1v) is 7.64. The van der Waals surface area contributed by atoms with Crippen molar-refractivity contribution < 1.29 is 17.9 Å². The first kappa shape index (κ1) is 16.2. The standard InChI is InChI=1S/C18H12F3N3O2/c1-26-17-7-5-12(14-9-15(18(19,20)21)23-24(14)17)11-3-2-10-4-6-16(25)22-13(10)8-11/h2-9H,1H3,(H,22,25). The third kappa shape index (κ3) is 2.59. The van der Waals surface area contributed by atoms with Crippen LogP contribution in [0.2, 0.25) is 0 Å². The second-order valence-corrected chi connectivity index (χ2v) is 5.74. The summed E-state index contributed by atoms with van der Waals surface area (Å²) in [7, 11) is 1.37. The maximum atomic E-state index is 13.1. The van der Waals surface area contributed by atoms with E-state index in [2.05, 4.69) is 10.1 Å². The van der Waals surface area contributed by atoms with Gasteiger partial charge in [0.05, 0.1) is 12.6 Å². The van der Waals surface area contributed by atoms with Crippen LogP contribution in [-0.4, -0.2) is 21.7 Å². The number of nitrogens with zero attached hydrogens (tertiary/aromatic N) is 2. The Hall–Kier alpha value is -3.29. The molecular weight excluding hydrogens is 347 g/mol. The van der Waals surface area contributed by atoms with E-state index in [-0.39, 0.29) is 17.0 Å². The van der Waals surface area contributed by atoms with Crippen molar-refractivity contribution in [2.75, 3.05) is 7.11 Å². The van der Waals surface area contributed by atoms with E-state index >= 15 is 0 Å². The third-order valence-corrected chi connectivity index (χ3v) is 4.12. The van der Waals surface area contributed by atoms with Crippen molar-refractivity contribution in [1.29, 1.82) is 0 Å². The van der Waals surface area contributed by atoms with Crippen LogP contribution in [0.4, 0.5) is 13.2 Å². The van der Waals surface area contributed by atoms with Gasteiger partial charge in [0.25, 0.3) is 0 Å². The van der Waals surface area contributed by atoms with E-state index < -0.39 is 11.9 Å². The number of alkyl halides is 3. The van der Waals surface area contributed by atoms with E-state index in [0.717, 1.165) is 16.0 Å². The van der Waals surface area contributed by atoms with Crippen LogP contribution in [0.15, 0.2) is 53.3 Å². The van der Waals surface area contributed by atoms with Crippen LogP contribution in [0.25, 0.3) is 27.5 Å². The zero-order chi connectivity index (χ0) is 18.5. The van der Waals surface area contributed by atoms with Gasteiger partial charge in [-0.1, -0.05) is 12.1 Å². The molecule has 0 saturated carbocycles. The van der Waals surface area contributed by atoms with Crippen LogP contribution in [0.3, 0.4) is 0 Å². The van der Waals surface area contributed by atoms with E-state index in [0.29, 0.717) is 16.6 Å². The fourth-order valence-corrected chi connectivity index (χ4v) is 2.91. The summed E-state index contributed by atoms with van der Waals surface area (Å²) >= 11 is 0. The Morgan fingerprint density at radius 2 is 1.85 bits per heavy atom. The zero-order valence-electron chi connectivity index (χ0n) is 13.5. The average Bonchev–Trinajstić information content (AvgIpc) is 3.06. The molecule has 0 bridgehead atoms. The van der Waals surface area contributed by atoms with E-state index in [1.54, 1.807) is 36.4 Å². The number of H-pyrrole nitrogens is 1. The second-order valence-electron chi connectivity index (χ2n) is 5.74. The Morgan fingerprint density at radius 3 is 2.58 bits per heavy atom. The molecule has 1 aromatic carbocycles. The third-order valence-electron chi connectivity index (χ3n) is 4.12. The highest BCUT2D eigenvalue weighted by Gasteiger charge is 2.34. The molecule has 4 rings (SSSR count). The lowest BCUT2D eigenvalue weighted by Gasteiger charge is -2.09. The highest BCUT2D eigenvalue weighted by atomic mass is 19.4. The molecule has 5 nitrogen and oxygen atoms in total. The predicted octanol–water partition coefficient (Wildman–Crippen LogP) is 3.87. The van der Waals surface area contributed by atoms with Crippen molar-refractivity contribution in [2.45, 2.75) is 6.18 Å². The van der Waals surface area contributed by atoms with Crippen LogP contribution in [0, 0.1) is 0 Å². The number of hydrogen-bond acceptors (Lipinski definition) is 3. The summed E-state index contributed by atoms with van der Waals surface area (Å²) in [6, 6.07) is 12.6. The molecule has 3 aromatic heterocycles. The van der Waals surface area contributed by atoms with Gasteiger partial charge in [-0.2, -0.15) is 22.8 Å². The maximum absolute atomic E-state index is 13.1. The number of aromatic amines is 1. The van der Waals surface area contributed by atoms with Crippen molar-refractivity contribution in [2.24, 2.45) is 0 Å². The highest BCUT2D eigenvalue weighted by Crippen LogP contribution is 2.34. The summed E-state index contributed by atoms with van der Waals surface area (Å²) in [4.78, 5) is 14.2. The molecular formula is C18H12F3N3O2. The van der Waals surface area contributed by atoms with Crippen LogP contribution in [0.1, 0.15) is 5.69 Å². The van der Waals surface area contributed by atoms with E-state index in [4.69, 9.17) is 4.74 Å². The normalized spacial score (nSPS) is 12.0. The molecule has 0 spiro atoms. The summed E-state index contributed by atoms with van der Waals surface area (Å²) in [5.41, 5.74) is 0.797. The predicted molar refractivity (Wildman–Crippen MR) is 90.3 cm³/mol. The molecule has 0 fully saturated rings. The van der Waals surface area contributed by atoms with Crippen LogP contribution >= 0.6 is 0 Å². The lowest BCUT2D eigenvalue weighted by Crippen LogP contribution is -2.06. The van der Waals surface area contributed by atoms with Gasteiger partial charge in [-0.3, -0.25) is 4.79 Å². The largest absolute Gasteiger partial charge is 0.481 e. The number of fused-ring (bicyclic) bond motifs is 2. The van der Waals surface area contributed by atoms with Crippen LogP contribution in [0.5, 0.6) is 5.88 Å². The number of aromatic nitrogens is 3. The Labute approximate surface area is 144 Å². The van der Waals surface area contributed by atoms with Gasteiger partial charge < -0.3 is 9.72 Å². The molecule has 26 heavy (non-hydrogen) atoms. The highest BCUT2D eigenvalue weighted by molar-refractivity contribution is 5.88. The van der Waals surface area contributed by atoms with Gasteiger partial charge in [0.1, 0.15) is 0 Å². The number of benzene rings is 1. The molecule has 0 atom stereocenters. The number of ether oxygens (including phenoxy) is 1. The lowest BCUT2D eigenvalue weighted by atomic mass is 10.0. The number of hydrogen-bond donors (Lipinski definition) is 1. The van der Waals surface area contributed by atoms with Crippen LogP contribution < -0.4 is 10.3 Å². The monoisotopic (exact) mass is 359 g/mol. The Bertz CT molecular complexity index is 1190. The smallest absolute Gasteiger partial charge is 0.435 e. The summed E-state index contributed by atoms with van der Waals surface area (Å²) in [5.74, 6) is 0.188. The molecule has 0 aliphatic carbocycles. The van der Waals surface area contributed by atoms with Gasteiger partial charge in [0.2, 0.25) is 11.4 Å². The average molecular weight is 359 g/mol. The number of halogens is 3. The van der Waals surface area contributed by atoms with Gasteiger partial charge in [-0.05, 0) is 35.2 Å². The minimum absolute atomic E-state index is 0.188. The molecule has 0 aliphatic heterocycles. The molecule has 0 aliphatic rings. The topological polar surface area (TPSA) is 59.4 Å². The SMILES string of the molecule is COc1ccc(-c2ccc3ccc(=O)[nH]c3c2)c2cc(C(F)(F)F)nn12. The van der Waals surface area contributed by atoms with Gasteiger partial charge in [-0.25, -0.2) is 0 Å². The zero-order valence-corrected chi connectivity index (χ0v) is 13.5. The molecule has 132 valence electrons. The number of methoxy groups -OCH3 is 1. The molecule has 4 aromatic rings. The van der Waals surface area contributed by atoms with Crippen molar-refractivity contribution in [1.82, 2.24) is 14.6 Å². The van der Waals surface area contributed by atoms with Gasteiger partial charge in [0, 0.05) is 23.2 Å². The lowest BCUT2D eigenvalue weighted by molar-refractivity contribution is -0.141. The quantitative estimate of drug-likeness (QED) is 0.591. The Balaban J connectivity index is 1.99. The van der Waals surface area contributed by atoms with Gasteiger partial charge >= 0.3 is 6.18 Å². The minimum atomic E-state index is -4.57. The maximum Gasteiger partial charge on any atom is 0.435 e. The molecule has 0 amide bonds. The summed E-state index contributed by atoms with van der Waals surface area (Å²) in [6.07, 6.45) is -4.57. The molecule has 0 saturated heterocycles. The Morgan fingerprint density at radius 1 is 1.08 bits per heavy atom. The van der Waals surface area contributed by atoms with Gasteiger partial charge in [-0.15, -0.1) is 0 Å². The minimum Gasteiger partial charge on any atom is -0.481 e. The van der Waals surface area contributed by atoms with Gasteiger partial charge in [0.15, 0.2) is 5.69 Å². The van der Waals surface area contributed by atoms with E-state index in [1.165, 1.54) is 13.2 Å². The van der Waals surface area contributed by atoms with E-state index in [9.17, 15) is 18.0 Å². The van der Waals surface area contributed by atoms with Crippen molar-refractivity contribution in [3.8, 4) is 17.0 Å². The summed E-state index contributed by atoms with van der Waals surface area (Å²) < 4.78 is 45.5. The van der Waals surface area contributed by atoms with Crippen molar-refractivity contribution >= 4 is 16.4 Å². The fraction of sp³-hybridized carbons (Fsp3) is 0.111. The Kier molecular flexibility index (Phi) is 3.50. The molecule has 0 unspecified atom stereocenters. The van der Waals surface area contributed by atoms with E-state index in [1.807, 2.05) is 0 Å².